The highest BCUT2D eigenvalue weighted by atomic mass is 16.5. The fraction of sp³-hybridized carbons (Fsp3) is 0.552. The number of likely N-dealkylation sites (N-methyl/N-ethyl adjacent to an activating group) is 4. The van der Waals surface area contributed by atoms with Crippen molar-refractivity contribution in [1.29, 1.82) is 0 Å². The van der Waals surface area contributed by atoms with Crippen molar-refractivity contribution in [3.63, 3.8) is 0 Å². The van der Waals surface area contributed by atoms with Gasteiger partial charge in [-0.1, -0.05) is 139 Å². The molecule has 150 heavy (non-hydrogen) atoms. The first kappa shape index (κ1) is 115. The molecule has 0 spiro atoms. The zero-order chi connectivity index (χ0) is 106. The van der Waals surface area contributed by atoms with Crippen molar-refractivity contribution >= 4 is 46.3 Å². The highest BCUT2D eigenvalue weighted by Gasteiger charge is 2.30. The maximum atomic E-state index is 9.90. The molecule has 3 aliphatic heterocycles. The molecule has 0 bridgehead atoms. The first-order valence-corrected chi connectivity index (χ1v) is 54.6. The van der Waals surface area contributed by atoms with Gasteiger partial charge in [-0.15, -0.1) is 0 Å². The lowest BCUT2D eigenvalue weighted by Crippen LogP contribution is -2.37. The fourth-order valence-corrected chi connectivity index (χ4v) is 19.0. The summed E-state index contributed by atoms with van der Waals surface area (Å²) in [5.74, 6) is 14.6. The van der Waals surface area contributed by atoms with Crippen LogP contribution in [0, 0.1) is 5.92 Å². The lowest BCUT2D eigenvalue weighted by molar-refractivity contribution is 0.0904. The summed E-state index contributed by atoms with van der Waals surface area (Å²) in [5.41, 5.74) is 13.9. The minimum absolute atomic E-state index is 0.160. The number of allylic oxidation sites excluding steroid dienone is 1. The van der Waals surface area contributed by atoms with Gasteiger partial charge in [0.1, 0.15) is 133 Å². The number of nitrogens with one attached hydrogen (secondary N) is 5. The molecule has 4 saturated carbocycles. The van der Waals surface area contributed by atoms with Gasteiger partial charge in [0.05, 0.1) is 18.9 Å². The molecular formula is C116H168N22O12. The Bertz CT molecular complexity index is 5530. The molecule has 34 heteroatoms. The molecule has 5 aromatic heterocycles. The maximum absolute atomic E-state index is 9.90. The molecule has 0 amide bonds. The normalized spacial score (nSPS) is 16.7. The number of piperidine rings is 1. The first-order chi connectivity index (χ1) is 72.8. The van der Waals surface area contributed by atoms with Gasteiger partial charge in [-0.25, -0.2) is 49.8 Å². The van der Waals surface area contributed by atoms with Gasteiger partial charge >= 0.3 is 0 Å². The van der Waals surface area contributed by atoms with E-state index in [0.717, 1.165) is 162 Å². The summed E-state index contributed by atoms with van der Waals surface area (Å²) in [7, 11) is 17.7. The monoisotopic (exact) mass is 2060 g/mol. The molecule has 5 aromatic carbocycles. The number of aliphatic hydroxyl groups excluding tert-OH is 5. The van der Waals surface area contributed by atoms with E-state index in [2.05, 4.69) is 117 Å². The van der Waals surface area contributed by atoms with Crippen molar-refractivity contribution in [3.8, 4) is 85.7 Å². The number of hydrogen-bond acceptors (Lipinski definition) is 34. The number of aliphatic hydroxyl groups is 5. The third-order valence-electron chi connectivity index (χ3n) is 28.0. The minimum atomic E-state index is -0.680. The molecule has 5 atom stereocenters. The molecule has 4 aliphatic carbocycles. The molecule has 10 aromatic rings. The van der Waals surface area contributed by atoms with E-state index < -0.39 is 30.5 Å². The molecule has 3 saturated heterocycles. The summed E-state index contributed by atoms with van der Waals surface area (Å²) in [4.78, 5) is 62.1. The van der Waals surface area contributed by atoms with Crippen LogP contribution < -0.4 is 85.4 Å². The summed E-state index contributed by atoms with van der Waals surface area (Å²) in [6.45, 7) is 20.4. The molecule has 34 nitrogen and oxygen atoms in total. The van der Waals surface area contributed by atoms with Gasteiger partial charge in [0.2, 0.25) is 0 Å². The van der Waals surface area contributed by atoms with Gasteiger partial charge in [0, 0.05) is 201 Å². The van der Waals surface area contributed by atoms with Crippen LogP contribution in [0.3, 0.4) is 0 Å². The predicted molar refractivity (Wildman–Crippen MR) is 602 cm³/mol. The molecule has 17 rings (SSSR count). The van der Waals surface area contributed by atoms with E-state index in [1.54, 1.807) is 14.1 Å². The summed E-state index contributed by atoms with van der Waals surface area (Å²) in [6, 6.07) is 51.2. The van der Waals surface area contributed by atoms with E-state index >= 15 is 0 Å². The lowest BCUT2D eigenvalue weighted by atomic mass is 9.94. The fourth-order valence-electron chi connectivity index (χ4n) is 19.0. The Balaban J connectivity index is 0.000000156. The van der Waals surface area contributed by atoms with Crippen LogP contribution in [0.25, 0.3) is 62.5 Å². The molecule has 5 unspecified atom stereocenters. The van der Waals surface area contributed by atoms with Gasteiger partial charge in [-0.05, 0) is 203 Å². The largest absolute Gasteiger partial charge is 0.491 e. The van der Waals surface area contributed by atoms with Crippen molar-refractivity contribution in [3.05, 3.63) is 175 Å². The molecule has 7 aliphatic rings. The summed E-state index contributed by atoms with van der Waals surface area (Å²) >= 11 is 0. The Morgan fingerprint density at radius 3 is 1.13 bits per heavy atom. The second-order valence-electron chi connectivity index (χ2n) is 41.1. The number of nitrogens with zero attached hydrogens (tertiary/aromatic N) is 16. The second-order valence-corrected chi connectivity index (χ2v) is 41.1. The van der Waals surface area contributed by atoms with E-state index in [1.165, 1.54) is 128 Å². The molecular weight excluding hydrogens is 1890 g/mol. The number of anilines is 7. The van der Waals surface area contributed by atoms with Crippen LogP contribution in [0.15, 0.2) is 158 Å². The zero-order valence-electron chi connectivity index (χ0n) is 90.8. The molecule has 814 valence electrons. The number of aromatic nitrogens is 10. The number of benzene rings is 5. The highest BCUT2D eigenvalue weighted by Crippen LogP contribution is 2.39. The zero-order valence-corrected chi connectivity index (χ0v) is 90.8. The Labute approximate surface area is 889 Å². The average molecular weight is 2060 g/mol. The van der Waals surface area contributed by atoms with Crippen molar-refractivity contribution in [2.45, 2.75) is 229 Å². The van der Waals surface area contributed by atoms with Gasteiger partial charge in [-0.2, -0.15) is 0 Å². The van der Waals surface area contributed by atoms with Crippen LogP contribution in [0.4, 0.5) is 40.7 Å². The van der Waals surface area contributed by atoms with Crippen LogP contribution in [-0.2, 0) is 15.9 Å². The summed E-state index contributed by atoms with van der Waals surface area (Å²) < 4.78 is 39.7. The smallest absolute Gasteiger partial charge is 0.163 e. The van der Waals surface area contributed by atoms with Crippen molar-refractivity contribution in [2.24, 2.45) is 11.7 Å². The second kappa shape index (κ2) is 60.6. The quantitative estimate of drug-likeness (QED) is 0.0169. The van der Waals surface area contributed by atoms with Gasteiger partial charge < -0.3 is 120 Å². The highest BCUT2D eigenvalue weighted by molar-refractivity contribution is 5.70. The van der Waals surface area contributed by atoms with E-state index in [1.807, 2.05) is 167 Å². The van der Waals surface area contributed by atoms with E-state index in [4.69, 9.17) is 88.7 Å². The number of ether oxygens (including phenoxy) is 7. The molecule has 7 fully saturated rings. The van der Waals surface area contributed by atoms with Crippen LogP contribution in [0.5, 0.6) is 28.7 Å². The van der Waals surface area contributed by atoms with E-state index in [0.29, 0.717) is 122 Å². The first-order valence-electron chi connectivity index (χ1n) is 54.6. The van der Waals surface area contributed by atoms with E-state index in [-0.39, 0.29) is 39.6 Å². The van der Waals surface area contributed by atoms with Crippen molar-refractivity contribution < 1.29 is 58.7 Å². The van der Waals surface area contributed by atoms with Gasteiger partial charge in [-0.3, -0.25) is 0 Å². The summed E-state index contributed by atoms with van der Waals surface area (Å²) in [5, 5.41) is 64.6. The number of hydrogen-bond donors (Lipinski definition) is 11. The third kappa shape index (κ3) is 36.9. The standard InChI is InChI=1S/C24H36N4O2.C24H34N4O2.C23H35N5O2.C23H32N4O3.C22H31N5O3/c2*1-17(2)22-14-23(28(4)19-10-6-5-7-11-19)27-24(26-22)18-9-8-12-21(13-18)30-16-20(29)15-25-3;1-24-15-19(29)16-30-20-12-8-9-17(13-20)23-25-21(27(2)3)14-22(26-23)28(4)18-10-6-5-7-11-18;1-24-14-20(28)15-30-21-4-2-3-17(12-21)23-26-19(11-16-5-6-16)13-22(27-23)25-18-7-9-29-10-8-18;23-15-18(28)16-30-19-6-4-5-17(13-19)22-24-20(26-7-2-1-3-8-26)14-21(25-22)27-9-11-29-12-10-27/h8-9,12-14,17,19-20,25,29H,5-7,10-11,15-16H2,1-4H3;8-9,12-14,19-20,25,29H,1,5-7,10-11,15-16H2,2-4H3;8-9,12-14,18-19,24,29H,5-7,10-11,15-16H2,1-4H3;2-4,12-13,16,18,20,24,28H,5-11,14-15H2,1H3,(H,25,26,27);4-6,13-14,18,28H,1-3,7-12,15-16,23H2. The Morgan fingerprint density at radius 2 is 0.740 bits per heavy atom. The van der Waals surface area contributed by atoms with Gasteiger partial charge in [0.15, 0.2) is 29.1 Å². The van der Waals surface area contributed by atoms with Crippen molar-refractivity contribution in [1.82, 2.24) is 71.1 Å². The molecule has 12 N–H and O–H groups in total. The average Bonchev–Trinajstić information content (AvgIpc) is 0.977. The number of morpholine rings is 1. The third-order valence-corrected chi connectivity index (χ3v) is 28.0. The van der Waals surface area contributed by atoms with E-state index in [9.17, 15) is 25.5 Å². The van der Waals surface area contributed by atoms with Crippen LogP contribution in [0.1, 0.15) is 185 Å². The topological polar surface area (TPSA) is 400 Å². The van der Waals surface area contributed by atoms with Crippen LogP contribution in [-0.4, -0.2) is 312 Å². The number of nitrogens with two attached hydrogens (primary N) is 1. The summed E-state index contributed by atoms with van der Waals surface area (Å²) in [6.07, 6.45) is 25.4. The van der Waals surface area contributed by atoms with Crippen LogP contribution >= 0.6 is 0 Å². The number of rotatable bonds is 44. The SMILES string of the molecule is C=C(C)c1cc(N(C)C2CCCCC2)nc(-c2cccc(OCC(O)CNC)c2)n1.CNCC(O)COc1cccc(-c2nc(C(C)C)cc(N(C)C3CCCCC3)n2)c1.CNCC(O)COc1cccc(-c2nc(CC3CC3)cc(NC3CCOCC3)n2)c1.CNCC(O)COc1cccc(-c2nc(N(C)C)cc(N(C)C3CCCCC3)n2)c1.NCC(O)COc1cccc(-c2nc(N3CCCCC3)cc(N3CCOCC3)n2)c1. The van der Waals surface area contributed by atoms with Crippen molar-refractivity contribution in [2.75, 3.05) is 217 Å². The minimum Gasteiger partial charge on any atom is -0.491 e. The predicted octanol–water partition coefficient (Wildman–Crippen LogP) is 15.2. The molecule has 8 heterocycles. The Kier molecular flexibility index (Phi) is 46.6. The maximum Gasteiger partial charge on any atom is 0.163 e. The Hall–Kier alpha value is -11.6. The van der Waals surface area contributed by atoms with Crippen LogP contribution in [0.2, 0.25) is 0 Å². The molecule has 0 radical (unpaired) electrons. The van der Waals surface area contributed by atoms with Gasteiger partial charge in [0.25, 0.3) is 0 Å². The Morgan fingerprint density at radius 1 is 0.387 bits per heavy atom. The lowest BCUT2D eigenvalue weighted by Gasteiger charge is -2.32.